The van der Waals surface area contributed by atoms with Gasteiger partial charge in [-0.1, -0.05) is 60.1 Å². The molecule has 0 radical (unpaired) electrons. The van der Waals surface area contributed by atoms with Gasteiger partial charge < -0.3 is 109 Å². The molecule has 0 aromatic rings. The van der Waals surface area contributed by atoms with Crippen molar-refractivity contribution in [3.05, 3.63) is 11.6 Å². The molecule has 4 aliphatic heterocycles. The van der Waals surface area contributed by atoms with Crippen LogP contribution in [-0.2, 0) is 52.2 Å². The summed E-state index contributed by atoms with van der Waals surface area (Å²) in [4.78, 5) is 28.0. The summed E-state index contributed by atoms with van der Waals surface area (Å²) < 4.78 is 52.6. The predicted molar refractivity (Wildman–Crippen MR) is 268 cm³/mol. The van der Waals surface area contributed by atoms with Crippen LogP contribution in [0.2, 0.25) is 0 Å². The number of carbonyl (C=O) groups is 2. The van der Waals surface area contributed by atoms with Crippen molar-refractivity contribution in [2.75, 3.05) is 26.9 Å². The lowest BCUT2D eigenvalue weighted by atomic mass is 9.33. The minimum Gasteiger partial charge on any atom is -0.467 e. The summed E-state index contributed by atoms with van der Waals surface area (Å²) in [5.74, 6) is -1.61. The molecule has 0 aromatic carbocycles. The van der Waals surface area contributed by atoms with Crippen LogP contribution in [0.1, 0.15) is 113 Å². The molecule has 24 nitrogen and oxygen atoms in total. The van der Waals surface area contributed by atoms with Gasteiger partial charge in [-0.15, -0.1) is 0 Å². The van der Waals surface area contributed by atoms with Crippen LogP contribution in [0, 0.1) is 50.2 Å². The Morgan fingerprint density at radius 1 is 0.582 bits per heavy atom. The Morgan fingerprint density at radius 2 is 1.15 bits per heavy atom. The summed E-state index contributed by atoms with van der Waals surface area (Å²) in [7, 11) is 1.10. The number of aliphatic hydroxyl groups excluding tert-OH is 13. The van der Waals surface area contributed by atoms with Gasteiger partial charge in [0.15, 0.2) is 25.0 Å². The topological polar surface area (TPSA) is 380 Å². The summed E-state index contributed by atoms with van der Waals surface area (Å²) >= 11 is 0. The molecule has 9 rings (SSSR count). The molecule has 4 heterocycles. The van der Waals surface area contributed by atoms with Crippen LogP contribution in [-0.4, -0.2) is 234 Å². The van der Waals surface area contributed by atoms with E-state index < -0.39 is 172 Å². The molecule has 0 spiro atoms. The molecule has 24 heteroatoms. The van der Waals surface area contributed by atoms with Gasteiger partial charge in [-0.3, -0.25) is 4.79 Å². The quantitative estimate of drug-likeness (QED) is 0.0579. The first-order valence-electron chi connectivity index (χ1n) is 28.2. The van der Waals surface area contributed by atoms with Gasteiger partial charge >= 0.3 is 11.9 Å². The highest BCUT2D eigenvalue weighted by atomic mass is 16.8. The van der Waals surface area contributed by atoms with Crippen molar-refractivity contribution in [3.63, 3.8) is 0 Å². The molecule has 452 valence electrons. The average molecular weight is 1130 g/mol. The zero-order chi connectivity index (χ0) is 57.9. The lowest BCUT2D eigenvalue weighted by Gasteiger charge is -2.71. The smallest absolute Gasteiger partial charge is 0.337 e. The predicted octanol–water partition coefficient (Wildman–Crippen LogP) is -1.85. The maximum Gasteiger partial charge on any atom is 0.337 e. The third-order valence-electron chi connectivity index (χ3n) is 21.6. The zero-order valence-corrected chi connectivity index (χ0v) is 46.4. The summed E-state index contributed by atoms with van der Waals surface area (Å²) in [6.07, 6.45) is -25.3. The van der Waals surface area contributed by atoms with Crippen LogP contribution in [0.3, 0.4) is 0 Å². The van der Waals surface area contributed by atoms with Gasteiger partial charge in [0.1, 0.15) is 91.6 Å². The van der Waals surface area contributed by atoms with Crippen molar-refractivity contribution >= 4 is 11.9 Å². The van der Waals surface area contributed by atoms with Gasteiger partial charge in [0.05, 0.1) is 38.4 Å². The number of aliphatic hydroxyl groups is 13. The van der Waals surface area contributed by atoms with Crippen LogP contribution in [0.15, 0.2) is 11.6 Å². The van der Waals surface area contributed by atoms with Crippen molar-refractivity contribution in [1.29, 1.82) is 0 Å². The van der Waals surface area contributed by atoms with Crippen LogP contribution in [0.4, 0.5) is 0 Å². The van der Waals surface area contributed by atoms with E-state index in [1.807, 2.05) is 0 Å². The van der Waals surface area contributed by atoms with E-state index in [0.717, 1.165) is 20.0 Å². The van der Waals surface area contributed by atoms with Crippen molar-refractivity contribution in [1.82, 2.24) is 0 Å². The highest BCUT2D eigenvalue weighted by molar-refractivity contribution is 5.79. The van der Waals surface area contributed by atoms with Crippen LogP contribution >= 0.6 is 0 Å². The summed E-state index contributed by atoms with van der Waals surface area (Å²) in [5.41, 5.74) is -1.46. The van der Waals surface area contributed by atoms with Crippen molar-refractivity contribution in [2.45, 2.75) is 242 Å². The van der Waals surface area contributed by atoms with Gasteiger partial charge in [0.25, 0.3) is 0 Å². The fourth-order valence-corrected chi connectivity index (χ4v) is 16.5. The molecule has 79 heavy (non-hydrogen) atoms. The average Bonchev–Trinajstić information content (AvgIpc) is 3.50. The van der Waals surface area contributed by atoms with Crippen LogP contribution < -0.4 is 0 Å². The first-order valence-corrected chi connectivity index (χ1v) is 28.2. The molecule has 0 amide bonds. The molecule has 0 aromatic heterocycles. The highest BCUT2D eigenvalue weighted by Crippen LogP contribution is 2.76. The highest BCUT2D eigenvalue weighted by Gasteiger charge is 2.70. The maximum absolute atomic E-state index is 15.1. The second-order valence-corrected chi connectivity index (χ2v) is 26.5. The fourth-order valence-electron chi connectivity index (χ4n) is 16.5. The molecular formula is C55H88O24. The standard InChI is InChI=1S/C55H88O24/c1-50(2)15-17-55(49(70)79-47-41(68)36(63)33(60)27(75-47)22-72-45-39(66)34(61)31(58)25(20-56)73-45)18-16-53(6)23(24(55)19-50)9-10-29-52(5)13-12-30(51(3,4)28(52)11-14-54(29,53)7)76-48-43(38(65)37(64)42(77-48)44(69)71-8)78-46-40(67)35(62)32(59)26(21-57)74-46/h9,24-43,45-48,56-68H,10-22H2,1-8H3. The Kier molecular flexibility index (Phi) is 17.4. The van der Waals surface area contributed by atoms with Crippen LogP contribution in [0.5, 0.6) is 0 Å². The summed E-state index contributed by atoms with van der Waals surface area (Å²) in [6, 6.07) is 0. The monoisotopic (exact) mass is 1130 g/mol. The molecule has 28 atom stereocenters. The van der Waals surface area contributed by atoms with E-state index >= 15 is 4.79 Å². The van der Waals surface area contributed by atoms with Crippen LogP contribution in [0.25, 0.3) is 0 Å². The van der Waals surface area contributed by atoms with Gasteiger partial charge in [-0.05, 0) is 109 Å². The molecule has 9 aliphatic rings. The van der Waals surface area contributed by atoms with Gasteiger partial charge in [0.2, 0.25) is 6.29 Å². The van der Waals surface area contributed by atoms with E-state index in [0.29, 0.717) is 51.4 Å². The molecular weight excluding hydrogens is 1040 g/mol. The lowest BCUT2D eigenvalue weighted by molar-refractivity contribution is -0.374. The number of allylic oxidation sites excluding steroid dienone is 2. The Hall–Kier alpha value is -2.12. The minimum absolute atomic E-state index is 0.0594. The normalized spacial score (nSPS) is 52.3. The molecule has 13 N–H and O–H groups in total. The molecule has 8 fully saturated rings. The SMILES string of the molecule is COC(=O)C1OC(OC2CCC3(C)C(CCC4(C)C3CC=C3C5CC(C)(C)CCC5(C(=O)OC5OC(COC6OC(CO)C(O)C(O)C6O)C(O)C(O)C5O)CCC34C)C2(C)C)C(OC2OC(CO)C(O)C(O)C2O)C(O)C1O. The van der Waals surface area contributed by atoms with E-state index in [1.165, 1.54) is 5.57 Å². The molecule has 4 saturated heterocycles. The Balaban J connectivity index is 0.938. The number of methoxy groups -OCH3 is 1. The molecule has 5 aliphatic carbocycles. The minimum atomic E-state index is -1.87. The van der Waals surface area contributed by atoms with Gasteiger partial charge in [0, 0.05) is 0 Å². The van der Waals surface area contributed by atoms with E-state index in [2.05, 4.69) is 54.5 Å². The summed E-state index contributed by atoms with van der Waals surface area (Å²) in [6.45, 7) is 13.7. The van der Waals surface area contributed by atoms with E-state index in [1.54, 1.807) is 0 Å². The number of hydrogen-bond donors (Lipinski definition) is 13. The third kappa shape index (κ3) is 10.2. The molecule has 28 unspecified atom stereocenters. The van der Waals surface area contributed by atoms with Gasteiger partial charge in [-0.2, -0.15) is 0 Å². The van der Waals surface area contributed by atoms with E-state index in [9.17, 15) is 71.2 Å². The number of rotatable bonds is 12. The number of esters is 2. The molecule has 4 saturated carbocycles. The first kappa shape index (κ1) is 61.4. The number of ether oxygens (including phenoxy) is 9. The van der Waals surface area contributed by atoms with Crippen molar-refractivity contribution in [2.24, 2.45) is 50.2 Å². The first-order chi connectivity index (χ1) is 37.0. The fraction of sp³-hybridized carbons (Fsp3) is 0.927. The number of hydrogen-bond acceptors (Lipinski definition) is 24. The molecule has 0 bridgehead atoms. The Morgan fingerprint density at radius 3 is 1.77 bits per heavy atom. The number of carbonyl (C=O) groups excluding carboxylic acids is 2. The summed E-state index contributed by atoms with van der Waals surface area (Å²) in [5, 5.41) is 138. The van der Waals surface area contributed by atoms with Gasteiger partial charge in [-0.25, -0.2) is 4.79 Å². The number of fused-ring (bicyclic) bond motifs is 7. The maximum atomic E-state index is 15.1. The Labute approximate surface area is 459 Å². The third-order valence-corrected chi connectivity index (χ3v) is 21.6. The Bertz CT molecular complexity index is 2210. The van der Waals surface area contributed by atoms with Crippen molar-refractivity contribution < 1.29 is 119 Å². The lowest BCUT2D eigenvalue weighted by Crippen LogP contribution is -2.67. The second-order valence-electron chi connectivity index (χ2n) is 26.5. The zero-order valence-electron chi connectivity index (χ0n) is 46.4. The largest absolute Gasteiger partial charge is 0.467 e. The second kappa shape index (κ2) is 22.4. The van der Waals surface area contributed by atoms with E-state index in [-0.39, 0.29) is 39.4 Å². The van der Waals surface area contributed by atoms with E-state index in [4.69, 9.17) is 42.6 Å². The van der Waals surface area contributed by atoms with Crippen molar-refractivity contribution in [3.8, 4) is 0 Å².